The van der Waals surface area contributed by atoms with Gasteiger partial charge in [-0.2, -0.15) is 5.10 Å². The SMILES string of the molecule is CC(=O)CCCS(=O)NC(=O)CCCCCCCCCCCCCCCC/C(N)=N/NN. The van der Waals surface area contributed by atoms with Crippen molar-refractivity contribution in [3.05, 3.63) is 0 Å². The molecule has 0 aliphatic rings. The molecule has 32 heavy (non-hydrogen) atoms. The van der Waals surface area contributed by atoms with Gasteiger partial charge in [-0.1, -0.05) is 77.0 Å². The van der Waals surface area contributed by atoms with Gasteiger partial charge >= 0.3 is 0 Å². The molecule has 0 bridgehead atoms. The lowest BCUT2D eigenvalue weighted by atomic mass is 10.0. The summed E-state index contributed by atoms with van der Waals surface area (Å²) in [6.07, 6.45) is 19.2. The Labute approximate surface area is 197 Å². The van der Waals surface area contributed by atoms with Gasteiger partial charge in [-0.3, -0.25) is 9.52 Å². The molecule has 8 nitrogen and oxygen atoms in total. The summed E-state index contributed by atoms with van der Waals surface area (Å²) in [7, 11) is -1.35. The van der Waals surface area contributed by atoms with Crippen molar-refractivity contribution in [2.45, 2.75) is 122 Å². The summed E-state index contributed by atoms with van der Waals surface area (Å²) in [6.45, 7) is 1.52. The first-order valence-corrected chi connectivity index (χ1v) is 13.7. The summed E-state index contributed by atoms with van der Waals surface area (Å²) in [5, 5.41) is 3.74. The maximum absolute atomic E-state index is 11.7. The van der Waals surface area contributed by atoms with Crippen LogP contribution in [0.3, 0.4) is 0 Å². The normalized spacial score (nSPS) is 12.5. The minimum atomic E-state index is -1.35. The van der Waals surface area contributed by atoms with Crippen LogP contribution in [-0.4, -0.2) is 27.5 Å². The molecule has 0 saturated carbocycles. The molecule has 6 N–H and O–H groups in total. The average Bonchev–Trinajstić information content (AvgIpc) is 2.73. The van der Waals surface area contributed by atoms with Crippen molar-refractivity contribution in [1.82, 2.24) is 10.3 Å². The number of carbonyl (C=O) groups is 2. The van der Waals surface area contributed by atoms with Gasteiger partial charge in [0.1, 0.15) is 22.6 Å². The fourth-order valence-corrected chi connectivity index (χ4v) is 4.40. The van der Waals surface area contributed by atoms with Crippen LogP contribution < -0.4 is 21.8 Å². The van der Waals surface area contributed by atoms with E-state index in [1.54, 1.807) is 0 Å². The van der Waals surface area contributed by atoms with E-state index < -0.39 is 11.0 Å². The zero-order valence-corrected chi connectivity index (χ0v) is 21.0. The molecule has 0 spiro atoms. The number of ketones is 1. The van der Waals surface area contributed by atoms with Crippen LogP contribution in [0.15, 0.2) is 5.10 Å². The number of hydrogen-bond acceptors (Lipinski definition) is 6. The van der Waals surface area contributed by atoms with Crippen molar-refractivity contribution in [2.75, 3.05) is 5.75 Å². The van der Waals surface area contributed by atoms with Crippen LogP contribution in [0.2, 0.25) is 0 Å². The molecular weight excluding hydrogens is 426 g/mol. The van der Waals surface area contributed by atoms with Crippen LogP contribution in [0.4, 0.5) is 0 Å². The molecule has 0 rings (SSSR count). The van der Waals surface area contributed by atoms with Crippen molar-refractivity contribution < 1.29 is 13.8 Å². The molecule has 188 valence electrons. The number of rotatable bonds is 23. The molecule has 1 atom stereocenters. The number of hydrazone groups is 1. The molecule has 0 radical (unpaired) electrons. The molecule has 0 saturated heterocycles. The van der Waals surface area contributed by atoms with Crippen molar-refractivity contribution >= 4 is 28.5 Å². The molecule has 0 aliphatic heterocycles. The Morgan fingerprint density at radius 3 is 1.59 bits per heavy atom. The number of amides is 1. The fourth-order valence-electron chi connectivity index (χ4n) is 3.53. The lowest BCUT2D eigenvalue weighted by Crippen LogP contribution is -2.27. The molecule has 9 heteroatoms. The maximum atomic E-state index is 11.7. The van der Waals surface area contributed by atoms with Gasteiger partial charge < -0.3 is 10.5 Å². The fraction of sp³-hybridized carbons (Fsp3) is 0.870. The number of amidine groups is 1. The molecule has 0 aliphatic carbocycles. The first-order chi connectivity index (χ1) is 15.5. The molecule has 0 heterocycles. The van der Waals surface area contributed by atoms with Gasteiger partial charge in [0.15, 0.2) is 0 Å². The van der Waals surface area contributed by atoms with E-state index in [-0.39, 0.29) is 11.7 Å². The van der Waals surface area contributed by atoms with Gasteiger partial charge in [-0.25, -0.2) is 15.6 Å². The third-order valence-electron chi connectivity index (χ3n) is 5.38. The summed E-state index contributed by atoms with van der Waals surface area (Å²) in [4.78, 5) is 22.6. The quantitative estimate of drug-likeness (QED) is 0.0579. The van der Waals surface area contributed by atoms with Crippen LogP contribution in [0, 0.1) is 0 Å². The van der Waals surface area contributed by atoms with Crippen molar-refractivity contribution in [1.29, 1.82) is 0 Å². The highest BCUT2D eigenvalue weighted by Gasteiger charge is 2.06. The summed E-state index contributed by atoms with van der Waals surface area (Å²) in [5.74, 6) is 5.95. The Morgan fingerprint density at radius 2 is 1.16 bits per heavy atom. The largest absolute Gasteiger partial charge is 0.386 e. The molecule has 0 aromatic carbocycles. The number of nitrogens with one attached hydrogen (secondary N) is 2. The number of unbranched alkanes of at least 4 members (excludes halogenated alkanes) is 13. The lowest BCUT2D eigenvalue weighted by Gasteiger charge is -2.05. The topological polar surface area (TPSA) is 140 Å². The first-order valence-electron chi connectivity index (χ1n) is 12.4. The summed E-state index contributed by atoms with van der Waals surface area (Å²) >= 11 is 0. The van der Waals surface area contributed by atoms with Gasteiger partial charge in [0, 0.05) is 25.0 Å². The van der Waals surface area contributed by atoms with E-state index in [2.05, 4.69) is 15.4 Å². The van der Waals surface area contributed by atoms with Crippen molar-refractivity contribution in [3.63, 3.8) is 0 Å². The number of Topliss-reactive ketones (excluding diaryl/α,β-unsaturated/α-hetero) is 1. The van der Waals surface area contributed by atoms with E-state index in [9.17, 15) is 13.8 Å². The Hall–Kier alpha value is -1.48. The first kappa shape index (κ1) is 30.5. The second-order valence-electron chi connectivity index (χ2n) is 8.56. The number of hydrogen-bond donors (Lipinski definition) is 4. The van der Waals surface area contributed by atoms with Gasteiger partial charge in [-0.05, 0) is 26.2 Å². The summed E-state index contributed by atoms with van der Waals surface area (Å²) in [5.41, 5.74) is 7.88. The number of nitrogens with two attached hydrogens (primary N) is 2. The van der Waals surface area contributed by atoms with E-state index in [1.165, 1.54) is 71.1 Å². The van der Waals surface area contributed by atoms with Gasteiger partial charge in [0.25, 0.3) is 0 Å². The Balaban J connectivity index is 3.29. The Morgan fingerprint density at radius 1 is 0.719 bits per heavy atom. The molecule has 1 unspecified atom stereocenters. The number of hydrazine groups is 1. The lowest BCUT2D eigenvalue weighted by molar-refractivity contribution is -0.119. The molecule has 1 amide bonds. The Bertz CT molecular complexity index is 544. The third-order valence-corrected chi connectivity index (χ3v) is 6.50. The van der Waals surface area contributed by atoms with E-state index in [1.807, 2.05) is 0 Å². The maximum Gasteiger partial charge on any atom is 0.231 e. The zero-order chi connectivity index (χ0) is 23.9. The van der Waals surface area contributed by atoms with E-state index in [4.69, 9.17) is 11.6 Å². The van der Waals surface area contributed by atoms with Crippen LogP contribution in [0.25, 0.3) is 0 Å². The molecular formula is C23H47N5O3S. The molecule has 0 aromatic rings. The van der Waals surface area contributed by atoms with Crippen molar-refractivity contribution in [3.8, 4) is 0 Å². The smallest absolute Gasteiger partial charge is 0.231 e. The van der Waals surface area contributed by atoms with Gasteiger partial charge in [0.2, 0.25) is 5.91 Å². The van der Waals surface area contributed by atoms with Gasteiger partial charge in [0.05, 0.1) is 0 Å². The second-order valence-corrected chi connectivity index (χ2v) is 9.87. The molecule has 0 aromatic heterocycles. The minimum Gasteiger partial charge on any atom is -0.386 e. The summed E-state index contributed by atoms with van der Waals surface area (Å²) < 4.78 is 14.2. The minimum absolute atomic E-state index is 0.0885. The highest BCUT2D eigenvalue weighted by Crippen LogP contribution is 2.13. The van der Waals surface area contributed by atoms with Crippen LogP contribution in [0.5, 0.6) is 0 Å². The number of carbonyl (C=O) groups excluding carboxylic acids is 2. The summed E-state index contributed by atoms with van der Waals surface area (Å²) in [6, 6.07) is 0. The predicted molar refractivity (Wildman–Crippen MR) is 134 cm³/mol. The third kappa shape index (κ3) is 23.2. The van der Waals surface area contributed by atoms with E-state index in [0.717, 1.165) is 32.1 Å². The predicted octanol–water partition coefficient (Wildman–Crippen LogP) is 4.11. The van der Waals surface area contributed by atoms with Gasteiger partial charge in [-0.15, -0.1) is 0 Å². The Kier molecular flexibility index (Phi) is 21.7. The van der Waals surface area contributed by atoms with Crippen LogP contribution in [-0.2, 0) is 20.6 Å². The highest BCUT2D eigenvalue weighted by atomic mass is 32.2. The highest BCUT2D eigenvalue weighted by molar-refractivity contribution is 7.83. The monoisotopic (exact) mass is 473 g/mol. The number of nitrogens with zero attached hydrogens (tertiary/aromatic N) is 1. The van der Waals surface area contributed by atoms with Crippen LogP contribution in [0.1, 0.15) is 122 Å². The van der Waals surface area contributed by atoms with Crippen molar-refractivity contribution in [2.24, 2.45) is 16.7 Å². The van der Waals surface area contributed by atoms with E-state index >= 15 is 0 Å². The standard InChI is InChI=1S/C23H47N5O3S/c1-21(29)17-16-20-32(31)27-23(30)19-15-13-11-9-7-5-3-2-4-6-8-10-12-14-18-22(24)26-28-25/h28H,2-20,25H2,1H3,(H2,24,26)(H,27,30). The zero-order valence-electron chi connectivity index (χ0n) is 20.2. The molecule has 0 fully saturated rings. The van der Waals surface area contributed by atoms with Crippen LogP contribution >= 0.6 is 0 Å². The second kappa shape index (κ2) is 22.7. The average molecular weight is 474 g/mol. The van der Waals surface area contributed by atoms with E-state index in [0.29, 0.717) is 30.9 Å².